The van der Waals surface area contributed by atoms with Gasteiger partial charge in [0.15, 0.2) is 0 Å². The Morgan fingerprint density at radius 1 is 1.47 bits per heavy atom. The van der Waals surface area contributed by atoms with Crippen molar-refractivity contribution in [1.29, 1.82) is 0 Å². The highest BCUT2D eigenvalue weighted by molar-refractivity contribution is 8.00. The molecule has 1 aliphatic heterocycles. The standard InChI is InChI=1S/C14H19ClN2OS/c1-10-13(3-2-8-16-10)17-14(18)9-19-12-6-4-11(15)5-7-12/h4-7,10,13,16H,2-3,8-9H2,1H3,(H,17,18). The highest BCUT2D eigenvalue weighted by Gasteiger charge is 2.22. The molecule has 2 N–H and O–H groups in total. The zero-order valence-corrected chi connectivity index (χ0v) is 12.6. The second-order valence-electron chi connectivity index (χ2n) is 4.80. The van der Waals surface area contributed by atoms with Gasteiger partial charge in [-0.25, -0.2) is 0 Å². The second-order valence-corrected chi connectivity index (χ2v) is 6.29. The van der Waals surface area contributed by atoms with E-state index >= 15 is 0 Å². The van der Waals surface area contributed by atoms with Crippen molar-refractivity contribution < 1.29 is 4.79 Å². The van der Waals surface area contributed by atoms with Gasteiger partial charge in [0, 0.05) is 22.0 Å². The van der Waals surface area contributed by atoms with E-state index in [4.69, 9.17) is 11.6 Å². The number of hydrogen-bond acceptors (Lipinski definition) is 3. The molecule has 1 saturated heterocycles. The van der Waals surface area contributed by atoms with E-state index in [2.05, 4.69) is 17.6 Å². The zero-order chi connectivity index (χ0) is 13.7. The lowest BCUT2D eigenvalue weighted by molar-refractivity contribution is -0.119. The number of piperidine rings is 1. The molecule has 1 fully saturated rings. The van der Waals surface area contributed by atoms with E-state index < -0.39 is 0 Å². The third-order valence-electron chi connectivity index (χ3n) is 3.29. The molecule has 0 saturated carbocycles. The first-order valence-electron chi connectivity index (χ1n) is 6.56. The molecule has 0 radical (unpaired) electrons. The second kappa shape index (κ2) is 7.17. The SMILES string of the molecule is CC1NCCCC1NC(=O)CSc1ccc(Cl)cc1. The Labute approximate surface area is 123 Å². The van der Waals surface area contributed by atoms with E-state index in [0.29, 0.717) is 11.8 Å². The Kier molecular flexibility index (Phi) is 5.55. The molecule has 2 unspecified atom stereocenters. The molecular weight excluding hydrogens is 280 g/mol. The third kappa shape index (κ3) is 4.71. The van der Waals surface area contributed by atoms with Gasteiger partial charge < -0.3 is 10.6 Å². The molecule has 1 aromatic rings. The van der Waals surface area contributed by atoms with Crippen molar-refractivity contribution in [3.05, 3.63) is 29.3 Å². The summed E-state index contributed by atoms with van der Waals surface area (Å²) in [6.45, 7) is 3.17. The highest BCUT2D eigenvalue weighted by atomic mass is 35.5. The van der Waals surface area contributed by atoms with Crippen LogP contribution in [0.5, 0.6) is 0 Å². The average molecular weight is 299 g/mol. The Morgan fingerprint density at radius 3 is 2.89 bits per heavy atom. The fourth-order valence-electron chi connectivity index (χ4n) is 2.17. The van der Waals surface area contributed by atoms with Gasteiger partial charge in [-0.3, -0.25) is 4.79 Å². The lowest BCUT2D eigenvalue weighted by atomic mass is 10.00. The van der Waals surface area contributed by atoms with Gasteiger partial charge in [0.25, 0.3) is 0 Å². The van der Waals surface area contributed by atoms with Crippen molar-refractivity contribution in [1.82, 2.24) is 10.6 Å². The van der Waals surface area contributed by atoms with Gasteiger partial charge in [0.05, 0.1) is 5.75 Å². The molecule has 0 spiro atoms. The largest absolute Gasteiger partial charge is 0.351 e. The minimum Gasteiger partial charge on any atom is -0.351 e. The summed E-state index contributed by atoms with van der Waals surface area (Å²) in [4.78, 5) is 13.0. The molecule has 3 nitrogen and oxygen atoms in total. The van der Waals surface area contributed by atoms with Crippen LogP contribution in [0, 0.1) is 0 Å². The van der Waals surface area contributed by atoms with E-state index in [1.54, 1.807) is 0 Å². The van der Waals surface area contributed by atoms with Crippen molar-refractivity contribution in [3.8, 4) is 0 Å². The molecule has 0 bridgehead atoms. The number of thioether (sulfide) groups is 1. The summed E-state index contributed by atoms with van der Waals surface area (Å²) >= 11 is 7.36. The molecule has 1 amide bonds. The number of amides is 1. The summed E-state index contributed by atoms with van der Waals surface area (Å²) in [5.74, 6) is 0.547. The number of nitrogens with one attached hydrogen (secondary N) is 2. The Hall–Kier alpha value is -0.710. The van der Waals surface area contributed by atoms with Crippen LogP contribution in [0.15, 0.2) is 29.2 Å². The smallest absolute Gasteiger partial charge is 0.230 e. The van der Waals surface area contributed by atoms with E-state index in [0.717, 1.165) is 29.3 Å². The van der Waals surface area contributed by atoms with Crippen LogP contribution < -0.4 is 10.6 Å². The molecular formula is C14H19ClN2OS. The summed E-state index contributed by atoms with van der Waals surface area (Å²) < 4.78 is 0. The topological polar surface area (TPSA) is 41.1 Å². The van der Waals surface area contributed by atoms with Gasteiger partial charge in [-0.15, -0.1) is 11.8 Å². The molecule has 2 rings (SSSR count). The zero-order valence-electron chi connectivity index (χ0n) is 11.0. The molecule has 0 aliphatic carbocycles. The summed E-state index contributed by atoms with van der Waals surface area (Å²) in [5.41, 5.74) is 0. The molecule has 2 atom stereocenters. The third-order valence-corrected chi connectivity index (χ3v) is 4.56. The first-order valence-corrected chi connectivity index (χ1v) is 7.92. The van der Waals surface area contributed by atoms with Gasteiger partial charge in [-0.05, 0) is 50.6 Å². The Morgan fingerprint density at radius 2 is 2.21 bits per heavy atom. The summed E-state index contributed by atoms with van der Waals surface area (Å²) in [6.07, 6.45) is 2.19. The number of halogens is 1. The first kappa shape index (κ1) is 14.7. The van der Waals surface area contributed by atoms with E-state index in [1.165, 1.54) is 11.8 Å². The Bertz CT molecular complexity index is 424. The van der Waals surface area contributed by atoms with Gasteiger partial charge in [-0.1, -0.05) is 11.6 Å². The number of carbonyl (C=O) groups is 1. The van der Waals surface area contributed by atoms with Crippen molar-refractivity contribution in [2.75, 3.05) is 12.3 Å². The molecule has 1 heterocycles. The van der Waals surface area contributed by atoms with Crippen molar-refractivity contribution in [3.63, 3.8) is 0 Å². The lowest BCUT2D eigenvalue weighted by Crippen LogP contribution is -2.52. The maximum atomic E-state index is 11.9. The Balaban J connectivity index is 1.76. The normalized spacial score (nSPS) is 23.1. The van der Waals surface area contributed by atoms with Gasteiger partial charge in [0.2, 0.25) is 5.91 Å². The molecule has 104 valence electrons. The molecule has 1 aliphatic rings. The minimum absolute atomic E-state index is 0.0977. The monoisotopic (exact) mass is 298 g/mol. The van der Waals surface area contributed by atoms with Crippen LogP contribution in [0.1, 0.15) is 19.8 Å². The summed E-state index contributed by atoms with van der Waals surface area (Å²) in [7, 11) is 0. The van der Waals surface area contributed by atoms with Gasteiger partial charge in [0.1, 0.15) is 0 Å². The first-order chi connectivity index (χ1) is 9.15. The molecule has 19 heavy (non-hydrogen) atoms. The fraction of sp³-hybridized carbons (Fsp3) is 0.500. The van der Waals surface area contributed by atoms with E-state index in [9.17, 15) is 4.79 Å². The fourth-order valence-corrected chi connectivity index (χ4v) is 3.00. The summed E-state index contributed by atoms with van der Waals surface area (Å²) in [5, 5.41) is 7.20. The van der Waals surface area contributed by atoms with Crippen LogP contribution >= 0.6 is 23.4 Å². The van der Waals surface area contributed by atoms with E-state index in [1.807, 2.05) is 24.3 Å². The average Bonchev–Trinajstić information content (AvgIpc) is 2.41. The van der Waals surface area contributed by atoms with Crippen LogP contribution in [0.3, 0.4) is 0 Å². The number of hydrogen-bond donors (Lipinski definition) is 2. The number of carbonyl (C=O) groups excluding carboxylic acids is 1. The number of rotatable bonds is 4. The van der Waals surface area contributed by atoms with Crippen LogP contribution in [-0.4, -0.2) is 30.3 Å². The predicted molar refractivity (Wildman–Crippen MR) is 80.8 cm³/mol. The number of benzene rings is 1. The molecule has 5 heteroatoms. The van der Waals surface area contributed by atoms with Crippen LogP contribution in [0.25, 0.3) is 0 Å². The maximum absolute atomic E-state index is 11.9. The van der Waals surface area contributed by atoms with Gasteiger partial charge >= 0.3 is 0 Å². The van der Waals surface area contributed by atoms with Crippen molar-refractivity contribution in [2.45, 2.75) is 36.7 Å². The van der Waals surface area contributed by atoms with Crippen LogP contribution in [0.4, 0.5) is 0 Å². The molecule has 1 aromatic carbocycles. The predicted octanol–water partition coefficient (Wildman–Crippen LogP) is 2.69. The molecule has 0 aromatic heterocycles. The van der Waals surface area contributed by atoms with Crippen molar-refractivity contribution >= 4 is 29.3 Å². The van der Waals surface area contributed by atoms with Crippen molar-refractivity contribution in [2.24, 2.45) is 0 Å². The van der Waals surface area contributed by atoms with Crippen LogP contribution in [-0.2, 0) is 4.79 Å². The van der Waals surface area contributed by atoms with E-state index in [-0.39, 0.29) is 11.9 Å². The summed E-state index contributed by atoms with van der Waals surface area (Å²) in [6, 6.07) is 8.17. The van der Waals surface area contributed by atoms with Gasteiger partial charge in [-0.2, -0.15) is 0 Å². The minimum atomic E-state index is 0.0977. The quantitative estimate of drug-likeness (QED) is 0.840. The highest BCUT2D eigenvalue weighted by Crippen LogP contribution is 2.20. The lowest BCUT2D eigenvalue weighted by Gasteiger charge is -2.30. The maximum Gasteiger partial charge on any atom is 0.230 e. The van der Waals surface area contributed by atoms with Crippen LogP contribution in [0.2, 0.25) is 5.02 Å².